The van der Waals surface area contributed by atoms with E-state index in [0.717, 1.165) is 38.9 Å². The summed E-state index contributed by atoms with van der Waals surface area (Å²) in [5.41, 5.74) is 6.61. The number of halogens is 1. The van der Waals surface area contributed by atoms with Crippen LogP contribution in [0.25, 0.3) is 33.4 Å². The molecule has 0 aromatic heterocycles. The second-order valence-corrected chi connectivity index (χ2v) is 6.67. The Morgan fingerprint density at radius 1 is 0.593 bits per heavy atom. The van der Waals surface area contributed by atoms with E-state index in [2.05, 4.69) is 12.1 Å². The Hall–Kier alpha value is -3.03. The van der Waals surface area contributed by atoms with Gasteiger partial charge in [-0.15, -0.1) is 11.6 Å². The Morgan fingerprint density at radius 2 is 1.04 bits per heavy atom. The zero-order valence-corrected chi connectivity index (χ0v) is 15.5. The molecule has 132 valence electrons. The molecule has 4 rings (SSSR count). The number of phenols is 1. The molecule has 27 heavy (non-hydrogen) atoms. The average Bonchev–Trinajstić information content (AvgIpc) is 2.75. The number of rotatable bonds is 4. The summed E-state index contributed by atoms with van der Waals surface area (Å²) >= 11 is 6.40. The van der Waals surface area contributed by atoms with Crippen LogP contribution in [0.5, 0.6) is 5.75 Å². The van der Waals surface area contributed by atoms with Gasteiger partial charge in [0, 0.05) is 17.0 Å². The molecule has 0 atom stereocenters. The second kappa shape index (κ2) is 7.69. The molecular formula is C25H19ClO. The largest absolute Gasteiger partial charge is 0.507 e. The summed E-state index contributed by atoms with van der Waals surface area (Å²) in [5.74, 6) is 0.583. The van der Waals surface area contributed by atoms with Crippen LogP contribution in [0.2, 0.25) is 0 Å². The molecule has 1 nitrogen and oxygen atoms in total. The van der Waals surface area contributed by atoms with Crippen LogP contribution < -0.4 is 0 Å². The molecule has 0 unspecified atom stereocenters. The maximum absolute atomic E-state index is 11.2. The van der Waals surface area contributed by atoms with E-state index >= 15 is 0 Å². The van der Waals surface area contributed by atoms with Crippen LogP contribution in [-0.2, 0) is 5.88 Å². The Morgan fingerprint density at radius 3 is 1.52 bits per heavy atom. The highest BCUT2D eigenvalue weighted by molar-refractivity contribution is 6.18. The van der Waals surface area contributed by atoms with Crippen molar-refractivity contribution in [1.29, 1.82) is 0 Å². The third-order valence-corrected chi connectivity index (χ3v) is 5.04. The number of hydrogen-bond donors (Lipinski definition) is 1. The molecule has 4 aromatic carbocycles. The summed E-state index contributed by atoms with van der Waals surface area (Å²) < 4.78 is 0. The van der Waals surface area contributed by atoms with E-state index in [9.17, 15) is 5.11 Å². The summed E-state index contributed by atoms with van der Waals surface area (Å²) in [4.78, 5) is 0. The lowest BCUT2D eigenvalue weighted by Gasteiger charge is -2.19. The molecule has 0 bridgehead atoms. The maximum atomic E-state index is 11.2. The molecule has 1 N–H and O–H groups in total. The second-order valence-electron chi connectivity index (χ2n) is 6.41. The first-order chi connectivity index (χ1) is 13.3. The highest BCUT2D eigenvalue weighted by atomic mass is 35.5. The van der Waals surface area contributed by atoms with E-state index in [0.29, 0.717) is 5.88 Å². The van der Waals surface area contributed by atoms with Gasteiger partial charge in [-0.1, -0.05) is 91.0 Å². The van der Waals surface area contributed by atoms with E-state index in [1.807, 2.05) is 84.9 Å². The van der Waals surface area contributed by atoms with Gasteiger partial charge >= 0.3 is 0 Å². The zero-order chi connectivity index (χ0) is 18.6. The predicted molar refractivity (Wildman–Crippen MR) is 114 cm³/mol. The van der Waals surface area contributed by atoms with Crippen molar-refractivity contribution in [2.24, 2.45) is 0 Å². The Labute approximate surface area is 164 Å². The minimum atomic E-state index is 0.266. The monoisotopic (exact) mass is 370 g/mol. The lowest BCUT2D eigenvalue weighted by molar-refractivity contribution is 0.479. The lowest BCUT2D eigenvalue weighted by atomic mass is 9.87. The number of aromatic hydroxyl groups is 1. The first-order valence-corrected chi connectivity index (χ1v) is 9.44. The molecule has 4 aromatic rings. The third-order valence-electron chi connectivity index (χ3n) is 4.77. The molecule has 0 aliphatic rings. The Bertz CT molecular complexity index is 1040. The zero-order valence-electron chi connectivity index (χ0n) is 14.8. The van der Waals surface area contributed by atoms with E-state index in [1.165, 1.54) is 0 Å². The van der Waals surface area contributed by atoms with E-state index < -0.39 is 0 Å². The topological polar surface area (TPSA) is 20.2 Å². The molecule has 0 spiro atoms. The van der Waals surface area contributed by atoms with Crippen molar-refractivity contribution in [3.8, 4) is 39.1 Å². The van der Waals surface area contributed by atoms with Crippen molar-refractivity contribution < 1.29 is 5.11 Å². The van der Waals surface area contributed by atoms with Crippen molar-refractivity contribution in [3.05, 3.63) is 103 Å². The van der Waals surface area contributed by atoms with Crippen LogP contribution in [0.1, 0.15) is 5.56 Å². The predicted octanol–water partition coefficient (Wildman–Crippen LogP) is 7.13. The first kappa shape index (κ1) is 17.4. The fourth-order valence-electron chi connectivity index (χ4n) is 3.48. The smallest absolute Gasteiger partial charge is 0.131 e. The summed E-state index contributed by atoms with van der Waals surface area (Å²) in [6, 6.07) is 32.1. The van der Waals surface area contributed by atoms with Gasteiger partial charge in [0.25, 0.3) is 0 Å². The number of benzene rings is 4. The minimum absolute atomic E-state index is 0.266. The Balaban J connectivity index is 2.08. The lowest BCUT2D eigenvalue weighted by Crippen LogP contribution is -1.95. The highest BCUT2D eigenvalue weighted by Crippen LogP contribution is 2.45. The highest BCUT2D eigenvalue weighted by Gasteiger charge is 2.20. The normalized spacial score (nSPS) is 10.7. The van der Waals surface area contributed by atoms with Crippen molar-refractivity contribution >= 4 is 11.6 Å². The summed E-state index contributed by atoms with van der Waals surface area (Å²) in [5, 5.41) is 11.2. The molecule has 0 aliphatic carbocycles. The van der Waals surface area contributed by atoms with Crippen molar-refractivity contribution in [3.63, 3.8) is 0 Å². The molecule has 0 amide bonds. The van der Waals surface area contributed by atoms with Gasteiger partial charge in [-0.05, 0) is 33.9 Å². The van der Waals surface area contributed by atoms with Gasteiger partial charge in [-0.25, -0.2) is 0 Å². The van der Waals surface area contributed by atoms with Crippen LogP contribution in [0.15, 0.2) is 97.1 Å². The van der Waals surface area contributed by atoms with Gasteiger partial charge in [0.1, 0.15) is 5.75 Å². The van der Waals surface area contributed by atoms with E-state index in [4.69, 9.17) is 11.6 Å². The van der Waals surface area contributed by atoms with Gasteiger partial charge in [0.05, 0.1) is 0 Å². The SMILES string of the molecule is Oc1c(-c2ccccc2)cc(-c2ccccc2)c(CCl)c1-c1ccccc1. The first-order valence-electron chi connectivity index (χ1n) is 8.90. The van der Waals surface area contributed by atoms with Crippen LogP contribution in [0.4, 0.5) is 0 Å². The number of phenolic OH excluding ortho intramolecular Hbond substituents is 1. The molecule has 0 saturated heterocycles. The number of alkyl halides is 1. The molecule has 0 saturated carbocycles. The van der Waals surface area contributed by atoms with Crippen molar-refractivity contribution in [2.45, 2.75) is 5.88 Å². The van der Waals surface area contributed by atoms with Gasteiger partial charge in [0.2, 0.25) is 0 Å². The molecule has 0 fully saturated rings. The molecular weight excluding hydrogens is 352 g/mol. The quantitative estimate of drug-likeness (QED) is 0.379. The summed E-state index contributed by atoms with van der Waals surface area (Å²) in [6.07, 6.45) is 0. The molecule has 0 radical (unpaired) electrons. The van der Waals surface area contributed by atoms with Gasteiger partial charge in [-0.3, -0.25) is 0 Å². The molecule has 0 heterocycles. The summed E-state index contributed by atoms with van der Waals surface area (Å²) in [7, 11) is 0. The van der Waals surface area contributed by atoms with Crippen molar-refractivity contribution in [1.82, 2.24) is 0 Å². The summed E-state index contributed by atoms with van der Waals surface area (Å²) in [6.45, 7) is 0. The number of hydrogen-bond acceptors (Lipinski definition) is 1. The fourth-order valence-corrected chi connectivity index (χ4v) is 3.76. The standard InChI is InChI=1S/C25H19ClO/c26-17-23-21(18-10-4-1-5-11-18)16-22(19-12-6-2-7-13-19)25(27)24(23)20-14-8-3-9-15-20/h1-16,27H,17H2. The maximum Gasteiger partial charge on any atom is 0.131 e. The van der Waals surface area contributed by atoms with Gasteiger partial charge in [0.15, 0.2) is 0 Å². The van der Waals surface area contributed by atoms with Crippen molar-refractivity contribution in [2.75, 3.05) is 0 Å². The van der Waals surface area contributed by atoms with Gasteiger partial charge in [-0.2, -0.15) is 0 Å². The van der Waals surface area contributed by atoms with E-state index in [-0.39, 0.29) is 5.75 Å². The van der Waals surface area contributed by atoms with Crippen LogP contribution in [0.3, 0.4) is 0 Å². The molecule has 0 aliphatic heterocycles. The van der Waals surface area contributed by atoms with Crippen LogP contribution >= 0.6 is 11.6 Å². The van der Waals surface area contributed by atoms with Crippen LogP contribution in [0, 0.1) is 0 Å². The van der Waals surface area contributed by atoms with Gasteiger partial charge < -0.3 is 5.11 Å². The van der Waals surface area contributed by atoms with Crippen LogP contribution in [-0.4, -0.2) is 5.11 Å². The molecule has 2 heteroatoms. The third kappa shape index (κ3) is 3.34. The fraction of sp³-hybridized carbons (Fsp3) is 0.0400. The van der Waals surface area contributed by atoms with E-state index in [1.54, 1.807) is 0 Å². The minimum Gasteiger partial charge on any atom is -0.507 e. The Kier molecular flexibility index (Phi) is 4.95. The average molecular weight is 371 g/mol.